The Bertz CT molecular complexity index is 1130. The third-order valence-electron chi connectivity index (χ3n) is 6.40. The van der Waals surface area contributed by atoms with E-state index in [-0.39, 0.29) is 17.8 Å². The van der Waals surface area contributed by atoms with Crippen LogP contribution in [0.15, 0.2) is 71.1 Å². The molecular weight excluding hydrogens is 400 g/mol. The Morgan fingerprint density at radius 1 is 0.969 bits per heavy atom. The number of piperidine rings is 1. The number of rotatable bonds is 4. The Balaban J connectivity index is 1.17. The highest BCUT2D eigenvalue weighted by molar-refractivity contribution is 6.02. The van der Waals surface area contributed by atoms with E-state index < -0.39 is 0 Å². The van der Waals surface area contributed by atoms with Crippen LogP contribution in [-0.2, 0) is 0 Å². The minimum atomic E-state index is -0.307. The number of ether oxygens (including phenoxy) is 1. The number of fused-ring (bicyclic) bond motifs is 2. The summed E-state index contributed by atoms with van der Waals surface area (Å²) < 4.78 is 11.8. The van der Waals surface area contributed by atoms with E-state index in [2.05, 4.69) is 29.1 Å². The van der Waals surface area contributed by atoms with E-state index in [1.54, 1.807) is 12.1 Å². The van der Waals surface area contributed by atoms with E-state index in [9.17, 15) is 4.79 Å². The van der Waals surface area contributed by atoms with E-state index in [1.165, 1.54) is 12.8 Å². The molecule has 1 aromatic heterocycles. The van der Waals surface area contributed by atoms with Crippen LogP contribution in [0.1, 0.15) is 47.6 Å². The molecule has 0 radical (unpaired) electrons. The SMILES string of the molecule is CN1[C@@H]2CC[C@H]1C[C@@H](Oc1ccc(NC(=O)c3ccc(C#Cc4ccccc4)o3)cc1)C2. The minimum absolute atomic E-state index is 0.226. The van der Waals surface area contributed by atoms with E-state index in [0.29, 0.717) is 23.5 Å². The summed E-state index contributed by atoms with van der Waals surface area (Å²) in [5.74, 6) is 7.18. The second kappa shape index (κ2) is 8.94. The van der Waals surface area contributed by atoms with Crippen LogP contribution < -0.4 is 10.1 Å². The van der Waals surface area contributed by atoms with Crippen molar-refractivity contribution in [2.45, 2.75) is 43.9 Å². The standard InChI is InChI=1S/C27H26N2O3/c1-29-21-10-11-22(29)18-25(17-21)31-23-13-8-20(9-14-23)28-27(30)26-16-15-24(32-26)12-7-19-5-3-2-4-6-19/h2-6,8-9,13-16,21-22,25H,10-11,17-18H2,1H3,(H,28,30)/t21-,22+,25+. The molecule has 2 bridgehead atoms. The van der Waals surface area contributed by atoms with Crippen molar-refractivity contribution >= 4 is 11.6 Å². The van der Waals surface area contributed by atoms with Crippen molar-refractivity contribution < 1.29 is 13.9 Å². The van der Waals surface area contributed by atoms with Crippen molar-refractivity contribution in [1.82, 2.24) is 4.90 Å². The molecule has 3 aromatic rings. The number of amides is 1. The average Bonchev–Trinajstić information content (AvgIpc) is 3.35. The summed E-state index contributed by atoms with van der Waals surface area (Å²) in [6.45, 7) is 0. The second-order valence-corrected chi connectivity index (χ2v) is 8.52. The zero-order chi connectivity index (χ0) is 21.9. The molecule has 0 aliphatic carbocycles. The van der Waals surface area contributed by atoms with Gasteiger partial charge in [-0.05, 0) is 87.2 Å². The van der Waals surface area contributed by atoms with Gasteiger partial charge < -0.3 is 19.4 Å². The number of hydrogen-bond acceptors (Lipinski definition) is 4. The second-order valence-electron chi connectivity index (χ2n) is 8.52. The first-order chi connectivity index (χ1) is 15.6. The molecule has 2 aromatic carbocycles. The highest BCUT2D eigenvalue weighted by atomic mass is 16.5. The van der Waals surface area contributed by atoms with Crippen molar-refractivity contribution in [3.8, 4) is 17.6 Å². The summed E-state index contributed by atoms with van der Waals surface area (Å²) in [4.78, 5) is 15.0. The fourth-order valence-corrected chi connectivity index (χ4v) is 4.64. The molecule has 5 heteroatoms. The zero-order valence-corrected chi connectivity index (χ0v) is 18.1. The van der Waals surface area contributed by atoms with Gasteiger partial charge >= 0.3 is 0 Å². The molecule has 1 amide bonds. The fraction of sp³-hybridized carbons (Fsp3) is 0.296. The highest BCUT2D eigenvalue weighted by Gasteiger charge is 2.39. The van der Waals surface area contributed by atoms with Crippen LogP contribution in [0.25, 0.3) is 0 Å². The lowest BCUT2D eigenvalue weighted by molar-refractivity contribution is 0.0662. The van der Waals surface area contributed by atoms with Crippen LogP contribution in [0.4, 0.5) is 5.69 Å². The van der Waals surface area contributed by atoms with E-state index in [0.717, 1.165) is 24.2 Å². The molecule has 5 nitrogen and oxygen atoms in total. The predicted molar refractivity (Wildman–Crippen MR) is 124 cm³/mol. The molecule has 3 heterocycles. The molecule has 5 rings (SSSR count). The van der Waals surface area contributed by atoms with Crippen molar-refractivity contribution in [2.24, 2.45) is 0 Å². The molecule has 2 fully saturated rings. The fourth-order valence-electron chi connectivity index (χ4n) is 4.64. The van der Waals surface area contributed by atoms with Crippen LogP contribution in [0.2, 0.25) is 0 Å². The Hall–Kier alpha value is -3.49. The Labute approximate surface area is 188 Å². The summed E-state index contributed by atoms with van der Waals surface area (Å²) in [6, 6.07) is 21.8. The lowest BCUT2D eigenvalue weighted by Gasteiger charge is -2.36. The average molecular weight is 427 g/mol. The van der Waals surface area contributed by atoms with Crippen molar-refractivity contribution in [1.29, 1.82) is 0 Å². The Kier molecular flexibility index (Phi) is 5.70. The molecule has 1 N–H and O–H groups in total. The van der Waals surface area contributed by atoms with Crippen LogP contribution in [0, 0.1) is 11.8 Å². The van der Waals surface area contributed by atoms with Crippen molar-refractivity contribution in [2.75, 3.05) is 12.4 Å². The molecule has 0 unspecified atom stereocenters. The first-order valence-electron chi connectivity index (χ1n) is 11.1. The highest BCUT2D eigenvalue weighted by Crippen LogP contribution is 2.36. The van der Waals surface area contributed by atoms with Crippen LogP contribution in [-0.4, -0.2) is 36.0 Å². The summed E-state index contributed by atoms with van der Waals surface area (Å²) in [5.41, 5.74) is 1.59. The number of anilines is 1. The van der Waals surface area contributed by atoms with Gasteiger partial charge in [-0.3, -0.25) is 4.79 Å². The van der Waals surface area contributed by atoms with E-state index >= 15 is 0 Å². The normalized spacial score (nSPS) is 22.1. The molecule has 0 spiro atoms. The lowest BCUT2D eigenvalue weighted by atomic mass is 10.0. The summed E-state index contributed by atoms with van der Waals surface area (Å²) >= 11 is 0. The van der Waals surface area contributed by atoms with E-state index in [1.807, 2.05) is 54.6 Å². The zero-order valence-electron chi connectivity index (χ0n) is 18.1. The largest absolute Gasteiger partial charge is 0.490 e. The first kappa shape index (κ1) is 20.4. The quantitative estimate of drug-likeness (QED) is 0.601. The molecule has 0 saturated carbocycles. The summed E-state index contributed by atoms with van der Waals surface area (Å²) in [7, 11) is 2.23. The van der Waals surface area contributed by atoms with Gasteiger partial charge in [0.15, 0.2) is 11.5 Å². The molecule has 2 saturated heterocycles. The number of nitrogens with one attached hydrogen (secondary N) is 1. The van der Waals surface area contributed by atoms with Crippen LogP contribution in [0.3, 0.4) is 0 Å². The van der Waals surface area contributed by atoms with Crippen LogP contribution >= 0.6 is 0 Å². The number of carbonyl (C=O) groups excluding carboxylic acids is 1. The summed E-state index contributed by atoms with van der Waals surface area (Å²) in [6.07, 6.45) is 4.98. The van der Waals surface area contributed by atoms with Gasteiger partial charge in [-0.1, -0.05) is 24.1 Å². The first-order valence-corrected chi connectivity index (χ1v) is 11.1. The topological polar surface area (TPSA) is 54.7 Å². The number of carbonyl (C=O) groups is 1. The number of nitrogens with zero attached hydrogens (tertiary/aromatic N) is 1. The van der Waals surface area contributed by atoms with Gasteiger partial charge in [-0.15, -0.1) is 0 Å². The minimum Gasteiger partial charge on any atom is -0.490 e. The van der Waals surface area contributed by atoms with Crippen molar-refractivity contribution in [3.63, 3.8) is 0 Å². The maximum Gasteiger partial charge on any atom is 0.291 e. The third kappa shape index (κ3) is 4.56. The van der Waals surface area contributed by atoms with Gasteiger partial charge in [0.1, 0.15) is 11.9 Å². The van der Waals surface area contributed by atoms with E-state index in [4.69, 9.17) is 9.15 Å². The predicted octanol–water partition coefficient (Wildman–Crippen LogP) is 4.94. The van der Waals surface area contributed by atoms with Gasteiger partial charge in [0.05, 0.1) is 0 Å². The van der Waals surface area contributed by atoms with Gasteiger partial charge in [0, 0.05) is 23.3 Å². The Morgan fingerprint density at radius 2 is 1.69 bits per heavy atom. The van der Waals surface area contributed by atoms with Crippen LogP contribution in [0.5, 0.6) is 5.75 Å². The molecule has 2 aliphatic rings. The smallest absolute Gasteiger partial charge is 0.291 e. The number of benzene rings is 2. The van der Waals surface area contributed by atoms with Gasteiger partial charge in [-0.2, -0.15) is 0 Å². The maximum absolute atomic E-state index is 12.5. The Morgan fingerprint density at radius 3 is 2.41 bits per heavy atom. The van der Waals surface area contributed by atoms with Crippen molar-refractivity contribution in [3.05, 3.63) is 83.8 Å². The number of furan rings is 1. The third-order valence-corrected chi connectivity index (χ3v) is 6.40. The molecule has 32 heavy (non-hydrogen) atoms. The molecule has 162 valence electrons. The molecule has 3 atom stereocenters. The summed E-state index contributed by atoms with van der Waals surface area (Å²) in [5, 5.41) is 2.86. The van der Waals surface area contributed by atoms with Gasteiger partial charge in [-0.25, -0.2) is 0 Å². The molecule has 2 aliphatic heterocycles. The monoisotopic (exact) mass is 426 g/mol. The maximum atomic E-state index is 12.5. The van der Waals surface area contributed by atoms with Gasteiger partial charge in [0.25, 0.3) is 5.91 Å². The number of hydrogen-bond donors (Lipinski definition) is 1. The lowest BCUT2D eigenvalue weighted by Crippen LogP contribution is -2.43. The molecular formula is C27H26N2O3. The van der Waals surface area contributed by atoms with Gasteiger partial charge in [0.2, 0.25) is 0 Å².